The number of hydrogen-bond acceptors (Lipinski definition) is 3. The third-order valence-electron chi connectivity index (χ3n) is 2.98. The highest BCUT2D eigenvalue weighted by Crippen LogP contribution is 2.22. The predicted molar refractivity (Wildman–Crippen MR) is 93.0 cm³/mol. The molecular formula is C17H17BrN2O2. The van der Waals surface area contributed by atoms with Crippen LogP contribution in [0.4, 0.5) is 11.4 Å². The van der Waals surface area contributed by atoms with Crippen LogP contribution in [0.5, 0.6) is 5.75 Å². The van der Waals surface area contributed by atoms with Crippen molar-refractivity contribution in [2.24, 2.45) is 10.9 Å². The Balaban J connectivity index is 2.18. The molecule has 0 saturated heterocycles. The molecule has 0 radical (unpaired) electrons. The third kappa shape index (κ3) is 4.43. The largest absolute Gasteiger partial charge is 0.507 e. The quantitative estimate of drug-likeness (QED) is 0.788. The highest BCUT2D eigenvalue weighted by atomic mass is 79.9. The summed E-state index contributed by atoms with van der Waals surface area (Å²) >= 11 is 3.35. The van der Waals surface area contributed by atoms with Gasteiger partial charge in [0.05, 0.1) is 5.69 Å². The number of aliphatic imine (C=N–C) groups is 1. The minimum absolute atomic E-state index is 0.0363. The Morgan fingerprint density at radius 3 is 2.77 bits per heavy atom. The number of phenols is 1. The first kappa shape index (κ1) is 16.2. The molecule has 0 aromatic heterocycles. The van der Waals surface area contributed by atoms with Gasteiger partial charge in [-0.2, -0.15) is 0 Å². The molecule has 2 N–H and O–H groups in total. The number of halogens is 1. The molecule has 0 atom stereocenters. The van der Waals surface area contributed by atoms with E-state index >= 15 is 0 Å². The fraction of sp³-hybridized carbons (Fsp3) is 0.176. The van der Waals surface area contributed by atoms with Crippen molar-refractivity contribution in [2.75, 3.05) is 5.32 Å². The molecule has 114 valence electrons. The van der Waals surface area contributed by atoms with Gasteiger partial charge in [0, 0.05) is 27.9 Å². The average molecular weight is 361 g/mol. The van der Waals surface area contributed by atoms with Crippen LogP contribution >= 0.6 is 15.9 Å². The van der Waals surface area contributed by atoms with Crippen LogP contribution in [0.25, 0.3) is 0 Å². The Morgan fingerprint density at radius 1 is 1.27 bits per heavy atom. The lowest BCUT2D eigenvalue weighted by Crippen LogP contribution is -2.17. The van der Waals surface area contributed by atoms with Crippen LogP contribution in [-0.2, 0) is 4.79 Å². The van der Waals surface area contributed by atoms with E-state index < -0.39 is 0 Å². The van der Waals surface area contributed by atoms with Crippen LogP contribution in [0.2, 0.25) is 0 Å². The van der Waals surface area contributed by atoms with Crippen LogP contribution in [-0.4, -0.2) is 17.2 Å². The van der Waals surface area contributed by atoms with Gasteiger partial charge in [-0.1, -0.05) is 35.8 Å². The molecule has 0 unspecified atom stereocenters. The Hall–Kier alpha value is -2.14. The summed E-state index contributed by atoms with van der Waals surface area (Å²) in [6.07, 6.45) is 1.59. The molecule has 0 saturated carbocycles. The topological polar surface area (TPSA) is 61.7 Å². The maximum Gasteiger partial charge on any atom is 0.226 e. The zero-order valence-electron chi connectivity index (χ0n) is 12.4. The Morgan fingerprint density at radius 2 is 2.05 bits per heavy atom. The fourth-order valence-electron chi connectivity index (χ4n) is 1.72. The summed E-state index contributed by atoms with van der Waals surface area (Å²) in [5, 5.41) is 12.6. The molecule has 5 heteroatoms. The number of carbonyl (C=O) groups is 1. The first-order valence-electron chi connectivity index (χ1n) is 6.89. The van der Waals surface area contributed by atoms with Gasteiger partial charge in [-0.05, 0) is 36.4 Å². The van der Waals surface area contributed by atoms with Crippen molar-refractivity contribution in [1.29, 1.82) is 0 Å². The van der Waals surface area contributed by atoms with Gasteiger partial charge in [0.15, 0.2) is 0 Å². The Labute approximate surface area is 138 Å². The van der Waals surface area contributed by atoms with Crippen LogP contribution in [0.15, 0.2) is 51.9 Å². The van der Waals surface area contributed by atoms with E-state index in [2.05, 4.69) is 26.2 Å². The lowest BCUT2D eigenvalue weighted by Gasteiger charge is -2.07. The highest BCUT2D eigenvalue weighted by molar-refractivity contribution is 9.10. The van der Waals surface area contributed by atoms with Gasteiger partial charge < -0.3 is 10.4 Å². The molecule has 0 fully saturated rings. The molecule has 2 aromatic carbocycles. The van der Waals surface area contributed by atoms with Crippen LogP contribution in [0.3, 0.4) is 0 Å². The first-order valence-corrected chi connectivity index (χ1v) is 7.68. The number of phenolic OH excluding ortho intramolecular Hbond substituents is 1. The predicted octanol–water partition coefficient (Wildman–Crippen LogP) is 4.50. The van der Waals surface area contributed by atoms with Crippen LogP contribution < -0.4 is 5.32 Å². The maximum atomic E-state index is 11.7. The summed E-state index contributed by atoms with van der Waals surface area (Å²) < 4.78 is 0.865. The summed E-state index contributed by atoms with van der Waals surface area (Å²) in [7, 11) is 0. The van der Waals surface area contributed by atoms with Gasteiger partial charge in [0.25, 0.3) is 0 Å². The molecule has 0 aliphatic rings. The number of hydrogen-bond donors (Lipinski definition) is 2. The van der Waals surface area contributed by atoms with Crippen molar-refractivity contribution in [3.05, 3.63) is 52.5 Å². The average Bonchev–Trinajstić information content (AvgIpc) is 2.48. The minimum Gasteiger partial charge on any atom is -0.507 e. The number of nitrogens with one attached hydrogen (secondary N) is 1. The number of carbonyl (C=O) groups excluding carboxylic acids is 1. The first-order chi connectivity index (χ1) is 10.5. The minimum atomic E-state index is -0.0780. The lowest BCUT2D eigenvalue weighted by molar-refractivity contribution is -0.118. The van der Waals surface area contributed by atoms with Crippen LogP contribution in [0.1, 0.15) is 19.4 Å². The molecule has 4 nitrogen and oxygen atoms in total. The Bertz CT molecular complexity index is 712. The number of rotatable bonds is 4. The number of benzene rings is 2. The summed E-state index contributed by atoms with van der Waals surface area (Å²) in [4.78, 5) is 16.0. The SMILES string of the molecule is CC(C)C(=O)Nc1cccc(N=Cc2cc(Br)ccc2O)c1. The standard InChI is InChI=1S/C17H17BrN2O2/c1-11(2)17(22)20-15-5-3-4-14(9-15)19-10-12-8-13(18)6-7-16(12)21/h3-11,21H,1-2H3,(H,20,22). The van der Waals surface area contributed by atoms with E-state index in [0.717, 1.165) is 4.47 Å². The Kier molecular flexibility index (Phi) is 5.33. The maximum absolute atomic E-state index is 11.7. The van der Waals surface area contributed by atoms with Gasteiger partial charge in [0.1, 0.15) is 5.75 Å². The number of anilines is 1. The van der Waals surface area contributed by atoms with Crippen molar-refractivity contribution in [2.45, 2.75) is 13.8 Å². The van der Waals surface area contributed by atoms with Crippen molar-refractivity contribution in [1.82, 2.24) is 0 Å². The second-order valence-electron chi connectivity index (χ2n) is 5.16. The van der Waals surface area contributed by atoms with Crippen molar-refractivity contribution >= 4 is 39.4 Å². The zero-order valence-corrected chi connectivity index (χ0v) is 14.0. The van der Waals surface area contributed by atoms with E-state index in [1.54, 1.807) is 30.5 Å². The summed E-state index contributed by atoms with van der Waals surface area (Å²) in [5.74, 6) is 0.0488. The van der Waals surface area contributed by atoms with Crippen LogP contribution in [0, 0.1) is 5.92 Å². The zero-order chi connectivity index (χ0) is 16.1. The van der Waals surface area contributed by atoms with Gasteiger partial charge in [-0.25, -0.2) is 0 Å². The van der Waals surface area contributed by atoms with Gasteiger partial charge in [0.2, 0.25) is 5.91 Å². The number of aromatic hydroxyl groups is 1. The second kappa shape index (κ2) is 7.22. The number of nitrogens with zero attached hydrogens (tertiary/aromatic N) is 1. The molecule has 2 aromatic rings. The van der Waals surface area contributed by atoms with E-state index in [9.17, 15) is 9.90 Å². The molecule has 2 rings (SSSR count). The molecule has 1 amide bonds. The molecule has 22 heavy (non-hydrogen) atoms. The van der Waals surface area contributed by atoms with E-state index in [4.69, 9.17) is 0 Å². The lowest BCUT2D eigenvalue weighted by atomic mass is 10.2. The second-order valence-corrected chi connectivity index (χ2v) is 6.07. The molecule has 0 aliphatic heterocycles. The van der Waals surface area contributed by atoms with Gasteiger partial charge in [-0.3, -0.25) is 9.79 Å². The van der Waals surface area contributed by atoms with E-state index in [1.807, 2.05) is 32.0 Å². The van der Waals surface area contributed by atoms with Crippen molar-refractivity contribution < 1.29 is 9.90 Å². The molecule has 0 spiro atoms. The third-order valence-corrected chi connectivity index (χ3v) is 3.47. The van der Waals surface area contributed by atoms with Crippen molar-refractivity contribution in [3.8, 4) is 5.75 Å². The molecule has 0 heterocycles. The smallest absolute Gasteiger partial charge is 0.226 e. The fourth-order valence-corrected chi connectivity index (χ4v) is 2.10. The summed E-state index contributed by atoms with van der Waals surface area (Å²) in [6.45, 7) is 3.68. The van der Waals surface area contributed by atoms with E-state index in [1.165, 1.54) is 0 Å². The van der Waals surface area contributed by atoms with Gasteiger partial charge >= 0.3 is 0 Å². The summed E-state index contributed by atoms with van der Waals surface area (Å²) in [6, 6.07) is 12.4. The monoisotopic (exact) mass is 360 g/mol. The van der Waals surface area contributed by atoms with Gasteiger partial charge in [-0.15, -0.1) is 0 Å². The number of amides is 1. The molecule has 0 bridgehead atoms. The highest BCUT2D eigenvalue weighted by Gasteiger charge is 2.07. The molecule has 0 aliphatic carbocycles. The summed E-state index contributed by atoms with van der Waals surface area (Å²) in [5.41, 5.74) is 2.01. The van der Waals surface area contributed by atoms with E-state index in [0.29, 0.717) is 16.9 Å². The normalized spacial score (nSPS) is 11.1. The van der Waals surface area contributed by atoms with E-state index in [-0.39, 0.29) is 17.6 Å². The van der Waals surface area contributed by atoms with Crippen molar-refractivity contribution in [3.63, 3.8) is 0 Å². The molecular weight excluding hydrogens is 344 g/mol.